The molecule has 4 N–H and O–H groups in total. The molecule has 1 atom stereocenters. The van der Waals surface area contributed by atoms with Gasteiger partial charge in [0.1, 0.15) is 11.4 Å². The van der Waals surface area contributed by atoms with E-state index in [2.05, 4.69) is 26.2 Å². The Hall–Kier alpha value is -2.39. The molecule has 3 aliphatic rings. The maximum atomic E-state index is 13.2. The third kappa shape index (κ3) is 4.73. The molecular weight excluding hydrogens is 477 g/mol. The van der Waals surface area contributed by atoms with Crippen LogP contribution < -0.4 is 26.0 Å². The average Bonchev–Trinajstić information content (AvgIpc) is 3.35. The predicted octanol–water partition coefficient (Wildman–Crippen LogP) is 4.00. The standard InChI is InChI=1S/C24H29Cl2N5O3/c1-24(2)13-15-19-18(28-23(29-19)30-20-16(25)4-3-5-17(20)26)12-14(21(15)34-24)22(32)27-6-7-31-8-10-33-11-9-31/h3-5,12,23,28-30H,6-11,13H2,1-2H3,(H,27,32). The largest absolute Gasteiger partial charge is 0.486 e. The van der Waals surface area contributed by atoms with Crippen LogP contribution in [0.5, 0.6) is 5.75 Å². The van der Waals surface area contributed by atoms with Gasteiger partial charge in [-0.05, 0) is 32.0 Å². The van der Waals surface area contributed by atoms with Gasteiger partial charge in [-0.1, -0.05) is 29.3 Å². The van der Waals surface area contributed by atoms with Crippen LogP contribution in [0.25, 0.3) is 0 Å². The summed E-state index contributed by atoms with van der Waals surface area (Å²) in [5.74, 6) is 0.496. The molecule has 0 radical (unpaired) electrons. The highest BCUT2D eigenvalue weighted by Gasteiger charge is 2.39. The Labute approximate surface area is 209 Å². The number of hydrogen-bond acceptors (Lipinski definition) is 7. The lowest BCUT2D eigenvalue weighted by atomic mass is 9.97. The van der Waals surface area contributed by atoms with Crippen LogP contribution in [0.15, 0.2) is 24.3 Å². The van der Waals surface area contributed by atoms with Crippen LogP contribution in [-0.4, -0.2) is 62.1 Å². The lowest BCUT2D eigenvalue weighted by molar-refractivity contribution is 0.0383. The first-order chi connectivity index (χ1) is 16.3. The SMILES string of the molecule is CC1(C)Cc2c3c(cc(C(=O)NCCN4CCOCC4)c2O1)NC(Nc1c(Cl)cccc1Cl)N3. The van der Waals surface area contributed by atoms with E-state index in [0.717, 1.165) is 49.8 Å². The number of nitrogens with one attached hydrogen (secondary N) is 4. The van der Waals surface area contributed by atoms with Gasteiger partial charge < -0.3 is 30.7 Å². The molecule has 1 amide bonds. The molecule has 1 saturated heterocycles. The lowest BCUT2D eigenvalue weighted by Crippen LogP contribution is -2.41. The molecular formula is C24H29Cl2N5O3. The Morgan fingerprint density at radius 3 is 2.68 bits per heavy atom. The van der Waals surface area contributed by atoms with Crippen LogP contribution in [0.3, 0.4) is 0 Å². The Bertz CT molecular complexity index is 1080. The van der Waals surface area contributed by atoms with E-state index in [1.807, 2.05) is 19.9 Å². The van der Waals surface area contributed by atoms with Crippen molar-refractivity contribution in [3.63, 3.8) is 0 Å². The fourth-order valence-electron chi connectivity index (χ4n) is 4.63. The van der Waals surface area contributed by atoms with E-state index in [1.165, 1.54) is 0 Å². The zero-order chi connectivity index (χ0) is 23.9. The van der Waals surface area contributed by atoms with Gasteiger partial charge in [-0.3, -0.25) is 9.69 Å². The summed E-state index contributed by atoms with van der Waals surface area (Å²) >= 11 is 12.7. The third-order valence-electron chi connectivity index (χ3n) is 6.26. The molecule has 2 aromatic carbocycles. The molecule has 2 aromatic rings. The zero-order valence-corrected chi connectivity index (χ0v) is 20.8. The Kier molecular flexibility index (Phi) is 6.41. The van der Waals surface area contributed by atoms with Gasteiger partial charge in [0.25, 0.3) is 5.91 Å². The second-order valence-corrected chi connectivity index (χ2v) is 10.2. The van der Waals surface area contributed by atoms with Gasteiger partial charge in [-0.15, -0.1) is 0 Å². The summed E-state index contributed by atoms with van der Waals surface area (Å²) in [6.07, 6.45) is 0.341. The number of para-hydroxylation sites is 1. The number of amides is 1. The minimum atomic E-state index is -0.403. The molecule has 0 saturated carbocycles. The predicted molar refractivity (Wildman–Crippen MR) is 136 cm³/mol. The highest BCUT2D eigenvalue weighted by atomic mass is 35.5. The number of fused-ring (bicyclic) bond motifs is 3. The molecule has 8 nitrogen and oxygen atoms in total. The highest BCUT2D eigenvalue weighted by Crippen LogP contribution is 2.48. The van der Waals surface area contributed by atoms with Crippen LogP contribution in [-0.2, 0) is 11.2 Å². The van der Waals surface area contributed by atoms with Crippen molar-refractivity contribution in [2.45, 2.75) is 32.2 Å². The number of benzene rings is 2. The quantitative estimate of drug-likeness (QED) is 0.471. The first-order valence-electron chi connectivity index (χ1n) is 11.5. The highest BCUT2D eigenvalue weighted by molar-refractivity contribution is 6.39. The third-order valence-corrected chi connectivity index (χ3v) is 6.89. The van der Waals surface area contributed by atoms with Crippen molar-refractivity contribution in [2.75, 3.05) is 55.3 Å². The molecule has 1 fully saturated rings. The average molecular weight is 506 g/mol. The van der Waals surface area contributed by atoms with Crippen molar-refractivity contribution in [1.82, 2.24) is 10.2 Å². The van der Waals surface area contributed by atoms with Crippen molar-refractivity contribution >= 4 is 46.2 Å². The van der Waals surface area contributed by atoms with Gasteiger partial charge in [0.05, 0.1) is 45.9 Å². The summed E-state index contributed by atoms with van der Waals surface area (Å²) in [6.45, 7) is 8.67. The van der Waals surface area contributed by atoms with Crippen LogP contribution in [0.2, 0.25) is 10.0 Å². The minimum Gasteiger partial charge on any atom is -0.486 e. The molecule has 0 aromatic heterocycles. The van der Waals surface area contributed by atoms with Crippen molar-refractivity contribution < 1.29 is 14.3 Å². The zero-order valence-electron chi connectivity index (χ0n) is 19.3. The Morgan fingerprint density at radius 2 is 1.94 bits per heavy atom. The fraction of sp³-hybridized carbons (Fsp3) is 0.458. The minimum absolute atomic E-state index is 0.141. The molecule has 182 valence electrons. The summed E-state index contributed by atoms with van der Waals surface area (Å²) in [4.78, 5) is 15.5. The Balaban J connectivity index is 1.34. The number of halogens is 2. The molecule has 5 rings (SSSR count). The smallest absolute Gasteiger partial charge is 0.255 e. The van der Waals surface area contributed by atoms with Gasteiger partial charge in [0.15, 0.2) is 6.29 Å². The van der Waals surface area contributed by atoms with Gasteiger partial charge in [0.2, 0.25) is 0 Å². The maximum Gasteiger partial charge on any atom is 0.255 e. The molecule has 34 heavy (non-hydrogen) atoms. The number of carbonyl (C=O) groups is 1. The van der Waals surface area contributed by atoms with E-state index in [-0.39, 0.29) is 12.2 Å². The normalized spacial score (nSPS) is 20.5. The maximum absolute atomic E-state index is 13.2. The van der Waals surface area contributed by atoms with Crippen molar-refractivity contribution in [1.29, 1.82) is 0 Å². The second kappa shape index (κ2) is 9.34. The lowest BCUT2D eigenvalue weighted by Gasteiger charge is -2.26. The van der Waals surface area contributed by atoms with E-state index >= 15 is 0 Å². The number of nitrogens with zero attached hydrogens (tertiary/aromatic N) is 1. The number of hydrogen-bond donors (Lipinski definition) is 4. The topological polar surface area (TPSA) is 86.9 Å². The van der Waals surface area contributed by atoms with Gasteiger partial charge in [-0.2, -0.15) is 0 Å². The monoisotopic (exact) mass is 505 g/mol. The van der Waals surface area contributed by atoms with E-state index in [0.29, 0.717) is 40.0 Å². The molecule has 1 unspecified atom stereocenters. The summed E-state index contributed by atoms with van der Waals surface area (Å²) in [5, 5.41) is 14.3. The number of ether oxygens (including phenoxy) is 2. The number of carbonyl (C=O) groups excluding carboxylic acids is 1. The van der Waals surface area contributed by atoms with Crippen molar-refractivity contribution in [2.24, 2.45) is 0 Å². The molecule has 0 spiro atoms. The Morgan fingerprint density at radius 1 is 1.21 bits per heavy atom. The van der Waals surface area contributed by atoms with E-state index < -0.39 is 5.60 Å². The first-order valence-corrected chi connectivity index (χ1v) is 12.3. The molecule has 10 heteroatoms. The summed E-state index contributed by atoms with van der Waals surface area (Å²) in [6, 6.07) is 7.22. The van der Waals surface area contributed by atoms with Gasteiger partial charge in [-0.25, -0.2) is 0 Å². The molecule has 0 aliphatic carbocycles. The van der Waals surface area contributed by atoms with E-state index in [1.54, 1.807) is 18.2 Å². The van der Waals surface area contributed by atoms with Crippen LogP contribution in [0.4, 0.5) is 17.1 Å². The second-order valence-electron chi connectivity index (χ2n) is 9.37. The fourth-order valence-corrected chi connectivity index (χ4v) is 5.13. The molecule has 3 aliphatic heterocycles. The van der Waals surface area contributed by atoms with Crippen LogP contribution in [0.1, 0.15) is 29.8 Å². The summed E-state index contributed by atoms with van der Waals surface area (Å²) in [7, 11) is 0. The molecule has 0 bridgehead atoms. The van der Waals surface area contributed by atoms with E-state index in [9.17, 15) is 4.79 Å². The van der Waals surface area contributed by atoms with Crippen LogP contribution >= 0.6 is 23.2 Å². The summed E-state index contributed by atoms with van der Waals surface area (Å²) < 4.78 is 11.6. The van der Waals surface area contributed by atoms with E-state index in [4.69, 9.17) is 32.7 Å². The van der Waals surface area contributed by atoms with Crippen LogP contribution in [0, 0.1) is 0 Å². The van der Waals surface area contributed by atoms with Gasteiger partial charge in [0, 0.05) is 38.2 Å². The number of anilines is 3. The van der Waals surface area contributed by atoms with Crippen molar-refractivity contribution in [3.8, 4) is 5.75 Å². The number of morpholine rings is 1. The van der Waals surface area contributed by atoms with Crippen molar-refractivity contribution in [3.05, 3.63) is 45.4 Å². The first kappa shape index (κ1) is 23.4. The number of rotatable bonds is 6. The van der Waals surface area contributed by atoms with Gasteiger partial charge >= 0.3 is 0 Å². The molecule has 3 heterocycles. The summed E-state index contributed by atoms with van der Waals surface area (Å²) in [5.41, 5.74) is 3.51.